The van der Waals surface area contributed by atoms with Crippen LogP contribution in [0, 0.1) is 0 Å². The summed E-state index contributed by atoms with van der Waals surface area (Å²) in [6, 6.07) is 4.29. The molecule has 1 unspecified atom stereocenters. The van der Waals surface area contributed by atoms with E-state index in [1.807, 2.05) is 12.1 Å². The van der Waals surface area contributed by atoms with Gasteiger partial charge in [0.2, 0.25) is 0 Å². The Labute approximate surface area is 96.4 Å². The van der Waals surface area contributed by atoms with Gasteiger partial charge in [0.1, 0.15) is 11.5 Å². The lowest BCUT2D eigenvalue weighted by Gasteiger charge is -2.32. The van der Waals surface area contributed by atoms with Crippen LogP contribution in [0.4, 0.5) is 0 Å². The highest BCUT2D eigenvalue weighted by molar-refractivity contribution is 5.11. The first-order chi connectivity index (χ1) is 7.85. The van der Waals surface area contributed by atoms with Gasteiger partial charge in [-0.15, -0.1) is 0 Å². The third-order valence-electron chi connectivity index (χ3n) is 3.07. The summed E-state index contributed by atoms with van der Waals surface area (Å²) in [6.45, 7) is 6.13. The van der Waals surface area contributed by atoms with E-state index in [4.69, 9.17) is 14.9 Å². The lowest BCUT2D eigenvalue weighted by Crippen LogP contribution is -2.41. The Kier molecular flexibility index (Phi) is 3.98. The maximum atomic E-state index is 5.84. The molecule has 1 atom stereocenters. The van der Waals surface area contributed by atoms with Crippen molar-refractivity contribution >= 4 is 0 Å². The van der Waals surface area contributed by atoms with E-state index in [-0.39, 0.29) is 6.04 Å². The summed E-state index contributed by atoms with van der Waals surface area (Å²) >= 11 is 0. The van der Waals surface area contributed by atoms with Crippen LogP contribution < -0.4 is 5.73 Å². The molecule has 0 saturated carbocycles. The number of furan rings is 1. The molecule has 1 fully saturated rings. The number of hydrogen-bond acceptors (Lipinski definition) is 4. The van der Waals surface area contributed by atoms with Gasteiger partial charge in [0, 0.05) is 26.1 Å². The van der Waals surface area contributed by atoms with Crippen molar-refractivity contribution in [2.75, 3.05) is 32.8 Å². The van der Waals surface area contributed by atoms with E-state index >= 15 is 0 Å². The van der Waals surface area contributed by atoms with Crippen LogP contribution >= 0.6 is 0 Å². The molecule has 1 aromatic heterocycles. The summed E-state index contributed by atoms with van der Waals surface area (Å²) in [4.78, 5) is 2.34. The smallest absolute Gasteiger partial charge is 0.122 e. The van der Waals surface area contributed by atoms with E-state index in [9.17, 15) is 0 Å². The maximum Gasteiger partial charge on any atom is 0.122 e. The Hall–Kier alpha value is -0.840. The molecule has 2 N–H and O–H groups in total. The zero-order chi connectivity index (χ0) is 11.4. The largest absolute Gasteiger partial charge is 0.464 e. The fraction of sp³-hybridized carbons (Fsp3) is 0.667. The molecule has 0 aliphatic carbocycles. The van der Waals surface area contributed by atoms with E-state index in [0.717, 1.165) is 44.2 Å². The van der Waals surface area contributed by atoms with Crippen molar-refractivity contribution in [3.8, 4) is 0 Å². The second-order valence-electron chi connectivity index (χ2n) is 4.06. The Bertz CT molecular complexity index is 319. The highest BCUT2D eigenvalue weighted by Crippen LogP contribution is 2.23. The zero-order valence-electron chi connectivity index (χ0n) is 9.82. The first-order valence-corrected chi connectivity index (χ1v) is 5.95. The Morgan fingerprint density at radius 3 is 2.69 bits per heavy atom. The highest BCUT2D eigenvalue weighted by Gasteiger charge is 2.23. The molecule has 2 heterocycles. The Morgan fingerprint density at radius 2 is 2.12 bits per heavy atom. The standard InChI is InChI=1S/C12H20N2O2/c1-2-10-3-4-12(16-10)11(9-13)14-5-7-15-8-6-14/h3-4,11H,2,5-9,13H2,1H3. The van der Waals surface area contributed by atoms with E-state index in [0.29, 0.717) is 6.54 Å². The second kappa shape index (κ2) is 5.48. The van der Waals surface area contributed by atoms with Crippen molar-refractivity contribution in [3.05, 3.63) is 23.7 Å². The van der Waals surface area contributed by atoms with Crippen LogP contribution in [-0.2, 0) is 11.2 Å². The minimum atomic E-state index is 0.198. The topological polar surface area (TPSA) is 51.6 Å². The van der Waals surface area contributed by atoms with E-state index in [1.165, 1.54) is 0 Å². The van der Waals surface area contributed by atoms with Crippen LogP contribution in [0.15, 0.2) is 16.5 Å². The molecule has 0 spiro atoms. The van der Waals surface area contributed by atoms with Gasteiger partial charge in [-0.1, -0.05) is 6.92 Å². The minimum Gasteiger partial charge on any atom is -0.464 e. The predicted molar refractivity (Wildman–Crippen MR) is 62.3 cm³/mol. The molecule has 2 rings (SSSR count). The first kappa shape index (κ1) is 11.6. The molecule has 0 bridgehead atoms. The van der Waals surface area contributed by atoms with Crippen molar-refractivity contribution in [1.82, 2.24) is 4.90 Å². The van der Waals surface area contributed by atoms with Crippen LogP contribution in [0.3, 0.4) is 0 Å². The van der Waals surface area contributed by atoms with Crippen molar-refractivity contribution in [1.29, 1.82) is 0 Å². The highest BCUT2D eigenvalue weighted by atomic mass is 16.5. The Morgan fingerprint density at radius 1 is 1.38 bits per heavy atom. The average molecular weight is 224 g/mol. The molecule has 16 heavy (non-hydrogen) atoms. The van der Waals surface area contributed by atoms with Gasteiger partial charge in [0.15, 0.2) is 0 Å². The molecule has 4 nitrogen and oxygen atoms in total. The zero-order valence-corrected chi connectivity index (χ0v) is 9.82. The molecule has 4 heteroatoms. The Balaban J connectivity index is 2.08. The summed E-state index contributed by atoms with van der Waals surface area (Å²) in [5, 5.41) is 0. The monoisotopic (exact) mass is 224 g/mol. The first-order valence-electron chi connectivity index (χ1n) is 5.95. The van der Waals surface area contributed by atoms with Crippen LogP contribution in [0.1, 0.15) is 24.5 Å². The molecule has 1 aliphatic heterocycles. The van der Waals surface area contributed by atoms with Crippen LogP contribution in [0.5, 0.6) is 0 Å². The van der Waals surface area contributed by atoms with Crippen molar-refractivity contribution in [2.45, 2.75) is 19.4 Å². The van der Waals surface area contributed by atoms with Gasteiger partial charge in [0.25, 0.3) is 0 Å². The number of morpholine rings is 1. The minimum absolute atomic E-state index is 0.198. The SMILES string of the molecule is CCc1ccc(C(CN)N2CCOCC2)o1. The van der Waals surface area contributed by atoms with Gasteiger partial charge >= 0.3 is 0 Å². The molecule has 0 radical (unpaired) electrons. The third kappa shape index (κ3) is 2.45. The lowest BCUT2D eigenvalue weighted by molar-refractivity contribution is 0.0134. The normalized spacial score (nSPS) is 19.9. The average Bonchev–Trinajstić information content (AvgIpc) is 2.80. The van der Waals surface area contributed by atoms with Gasteiger partial charge in [-0.2, -0.15) is 0 Å². The molecule has 1 aliphatic rings. The summed E-state index contributed by atoms with van der Waals surface area (Å²) in [7, 11) is 0. The summed E-state index contributed by atoms with van der Waals surface area (Å²) < 4.78 is 11.1. The predicted octanol–water partition coefficient (Wildman–Crippen LogP) is 1.17. The number of hydrogen-bond donors (Lipinski definition) is 1. The van der Waals surface area contributed by atoms with Crippen LogP contribution in [0.25, 0.3) is 0 Å². The fourth-order valence-corrected chi connectivity index (χ4v) is 2.10. The third-order valence-corrected chi connectivity index (χ3v) is 3.07. The molecule has 1 aromatic rings. The van der Waals surface area contributed by atoms with Crippen molar-refractivity contribution < 1.29 is 9.15 Å². The number of rotatable bonds is 4. The number of nitrogens with zero attached hydrogens (tertiary/aromatic N) is 1. The van der Waals surface area contributed by atoms with Crippen molar-refractivity contribution in [2.24, 2.45) is 5.73 Å². The van der Waals surface area contributed by atoms with Gasteiger partial charge in [0.05, 0.1) is 19.3 Å². The lowest BCUT2D eigenvalue weighted by atomic mass is 10.2. The molecular weight excluding hydrogens is 204 g/mol. The van der Waals surface area contributed by atoms with Gasteiger partial charge in [-0.25, -0.2) is 0 Å². The van der Waals surface area contributed by atoms with Gasteiger partial charge < -0.3 is 14.9 Å². The van der Waals surface area contributed by atoms with Crippen LogP contribution in [0.2, 0.25) is 0 Å². The van der Waals surface area contributed by atoms with Gasteiger partial charge in [-0.3, -0.25) is 4.90 Å². The quantitative estimate of drug-likeness (QED) is 0.834. The summed E-state index contributed by atoms with van der Waals surface area (Å²) in [6.07, 6.45) is 0.931. The molecule has 1 saturated heterocycles. The van der Waals surface area contributed by atoms with E-state index < -0.39 is 0 Å². The molecule has 0 amide bonds. The second-order valence-corrected chi connectivity index (χ2v) is 4.06. The van der Waals surface area contributed by atoms with E-state index in [2.05, 4.69) is 11.8 Å². The summed E-state index contributed by atoms with van der Waals surface area (Å²) in [5.74, 6) is 2.02. The number of nitrogens with two attached hydrogens (primary N) is 1. The number of aryl methyl sites for hydroxylation is 1. The van der Waals surface area contributed by atoms with Crippen molar-refractivity contribution in [3.63, 3.8) is 0 Å². The summed E-state index contributed by atoms with van der Waals surface area (Å²) in [5.41, 5.74) is 5.84. The molecule has 0 aromatic carbocycles. The maximum absolute atomic E-state index is 5.84. The fourth-order valence-electron chi connectivity index (χ4n) is 2.10. The van der Waals surface area contributed by atoms with Gasteiger partial charge in [-0.05, 0) is 12.1 Å². The number of ether oxygens (including phenoxy) is 1. The van der Waals surface area contributed by atoms with E-state index in [1.54, 1.807) is 0 Å². The molecular formula is C12H20N2O2. The molecule has 90 valence electrons. The van der Waals surface area contributed by atoms with Crippen LogP contribution in [-0.4, -0.2) is 37.7 Å².